The minimum Gasteiger partial charge on any atom is -0.385 e. The first kappa shape index (κ1) is 19.5. The number of nitrogens with one attached hydrogen (secondary N) is 1. The lowest BCUT2D eigenvalue weighted by atomic mass is 10.2. The molecule has 0 saturated carbocycles. The Hall–Kier alpha value is -3.25. The summed E-state index contributed by atoms with van der Waals surface area (Å²) in [7, 11) is 1.64. The van der Waals surface area contributed by atoms with Crippen LogP contribution < -0.4 is 10.2 Å². The van der Waals surface area contributed by atoms with Crippen molar-refractivity contribution in [2.24, 2.45) is 0 Å². The summed E-state index contributed by atoms with van der Waals surface area (Å²) in [5.41, 5.74) is 2.43. The van der Waals surface area contributed by atoms with Crippen molar-refractivity contribution < 1.29 is 9.53 Å². The number of benzene rings is 2. The van der Waals surface area contributed by atoms with Crippen molar-refractivity contribution in [1.29, 1.82) is 0 Å². The average Bonchev–Trinajstić information content (AvgIpc) is 2.76. The molecule has 0 aliphatic rings. The van der Waals surface area contributed by atoms with Gasteiger partial charge in [-0.25, -0.2) is 9.97 Å². The van der Waals surface area contributed by atoms with Crippen LogP contribution in [0.1, 0.15) is 22.5 Å². The molecule has 1 N–H and O–H groups in total. The third kappa shape index (κ3) is 5.37. The van der Waals surface area contributed by atoms with Crippen LogP contribution in [0.15, 0.2) is 72.9 Å². The second-order valence-corrected chi connectivity index (χ2v) is 6.25. The molecule has 1 aromatic heterocycles. The van der Waals surface area contributed by atoms with E-state index in [1.165, 1.54) is 0 Å². The predicted octanol–water partition coefficient (Wildman–Crippen LogP) is 3.58. The van der Waals surface area contributed by atoms with Gasteiger partial charge in [-0.15, -0.1) is 0 Å². The number of hydrogen-bond donors (Lipinski definition) is 1. The van der Waals surface area contributed by atoms with Gasteiger partial charge in [0.15, 0.2) is 0 Å². The van der Waals surface area contributed by atoms with Crippen LogP contribution in [0.5, 0.6) is 0 Å². The van der Waals surface area contributed by atoms with E-state index in [4.69, 9.17) is 4.74 Å². The molecule has 6 heteroatoms. The summed E-state index contributed by atoms with van der Waals surface area (Å²) < 4.78 is 5.00. The van der Waals surface area contributed by atoms with Crippen molar-refractivity contribution in [3.05, 3.63) is 84.2 Å². The molecular formula is C22H24N4O2. The van der Waals surface area contributed by atoms with E-state index in [-0.39, 0.29) is 5.91 Å². The number of ether oxygens (including phenoxy) is 1. The van der Waals surface area contributed by atoms with Gasteiger partial charge in [-0.2, -0.15) is 0 Å². The lowest BCUT2D eigenvalue weighted by Crippen LogP contribution is -2.27. The summed E-state index contributed by atoms with van der Waals surface area (Å²) in [5, 5.41) is 2.86. The molecule has 28 heavy (non-hydrogen) atoms. The zero-order valence-corrected chi connectivity index (χ0v) is 15.9. The number of aromatic nitrogens is 2. The molecule has 0 atom stereocenters. The smallest absolute Gasteiger partial charge is 0.270 e. The van der Waals surface area contributed by atoms with Crippen LogP contribution in [-0.2, 0) is 11.3 Å². The Morgan fingerprint density at radius 3 is 2.46 bits per heavy atom. The fraction of sp³-hybridized carbons (Fsp3) is 0.227. The second kappa shape index (κ2) is 10.2. The van der Waals surface area contributed by atoms with E-state index in [9.17, 15) is 4.79 Å². The largest absolute Gasteiger partial charge is 0.385 e. The molecule has 2 aromatic carbocycles. The van der Waals surface area contributed by atoms with Gasteiger partial charge in [-0.1, -0.05) is 48.5 Å². The van der Waals surface area contributed by atoms with Gasteiger partial charge in [0.2, 0.25) is 5.95 Å². The molecule has 3 rings (SSSR count). The van der Waals surface area contributed by atoms with Gasteiger partial charge in [0.25, 0.3) is 5.91 Å². The third-order valence-corrected chi connectivity index (χ3v) is 4.18. The number of hydrogen-bond acceptors (Lipinski definition) is 5. The molecule has 0 spiro atoms. The number of methoxy groups -OCH3 is 1. The van der Waals surface area contributed by atoms with Gasteiger partial charge < -0.3 is 15.0 Å². The van der Waals surface area contributed by atoms with Crippen molar-refractivity contribution in [2.45, 2.75) is 13.0 Å². The van der Waals surface area contributed by atoms with Gasteiger partial charge in [-0.05, 0) is 30.2 Å². The molecule has 0 unspecified atom stereocenters. The Kier molecular flexibility index (Phi) is 7.09. The van der Waals surface area contributed by atoms with E-state index in [1.54, 1.807) is 19.4 Å². The van der Waals surface area contributed by atoms with Gasteiger partial charge in [0.1, 0.15) is 5.69 Å². The van der Waals surface area contributed by atoms with Crippen molar-refractivity contribution in [3.8, 4) is 0 Å². The highest BCUT2D eigenvalue weighted by molar-refractivity contribution is 5.92. The molecule has 3 aromatic rings. The number of para-hydroxylation sites is 1. The molecule has 0 radical (unpaired) electrons. The molecule has 1 amide bonds. The van der Waals surface area contributed by atoms with Crippen LogP contribution in [0.4, 0.5) is 11.6 Å². The maximum atomic E-state index is 12.4. The van der Waals surface area contributed by atoms with Crippen molar-refractivity contribution in [3.63, 3.8) is 0 Å². The average molecular weight is 376 g/mol. The summed E-state index contributed by atoms with van der Waals surface area (Å²) in [5.74, 6) is 0.270. The zero-order chi connectivity index (χ0) is 19.6. The van der Waals surface area contributed by atoms with Crippen molar-refractivity contribution in [1.82, 2.24) is 15.3 Å². The van der Waals surface area contributed by atoms with Crippen LogP contribution in [0, 0.1) is 0 Å². The van der Waals surface area contributed by atoms with Gasteiger partial charge in [0, 0.05) is 32.1 Å². The van der Waals surface area contributed by atoms with E-state index in [2.05, 4.69) is 27.4 Å². The predicted molar refractivity (Wildman–Crippen MR) is 110 cm³/mol. The zero-order valence-electron chi connectivity index (χ0n) is 15.9. The Balaban J connectivity index is 1.83. The Labute approximate surface area is 165 Å². The van der Waals surface area contributed by atoms with E-state index < -0.39 is 0 Å². The van der Waals surface area contributed by atoms with E-state index in [0.29, 0.717) is 31.3 Å². The van der Waals surface area contributed by atoms with Gasteiger partial charge in [-0.3, -0.25) is 4.79 Å². The Morgan fingerprint density at radius 1 is 1.04 bits per heavy atom. The van der Waals surface area contributed by atoms with Crippen molar-refractivity contribution in [2.75, 3.05) is 25.2 Å². The highest BCUT2D eigenvalue weighted by Gasteiger charge is 2.15. The summed E-state index contributed by atoms with van der Waals surface area (Å²) in [6.45, 7) is 1.75. The SMILES string of the molecule is COCCCNC(=O)c1ccnc(N(Cc2ccccc2)c2ccccc2)n1. The van der Waals surface area contributed by atoms with Crippen LogP contribution >= 0.6 is 0 Å². The Morgan fingerprint density at radius 2 is 1.75 bits per heavy atom. The minimum atomic E-state index is -0.215. The van der Waals surface area contributed by atoms with E-state index in [1.807, 2.05) is 53.4 Å². The number of rotatable bonds is 9. The van der Waals surface area contributed by atoms with Crippen LogP contribution in [-0.4, -0.2) is 36.1 Å². The lowest BCUT2D eigenvalue weighted by molar-refractivity contribution is 0.0943. The monoisotopic (exact) mass is 376 g/mol. The van der Waals surface area contributed by atoms with Gasteiger partial charge >= 0.3 is 0 Å². The molecule has 1 heterocycles. The molecule has 0 bridgehead atoms. The second-order valence-electron chi connectivity index (χ2n) is 6.25. The topological polar surface area (TPSA) is 67.3 Å². The standard InChI is InChI=1S/C22H24N4O2/c1-28-16-8-14-23-21(27)20-13-15-24-22(25-20)26(19-11-6-3-7-12-19)17-18-9-4-2-5-10-18/h2-7,9-13,15H,8,14,16-17H2,1H3,(H,23,27). The summed E-state index contributed by atoms with van der Waals surface area (Å²) in [6.07, 6.45) is 2.37. The first-order valence-electron chi connectivity index (χ1n) is 9.24. The maximum absolute atomic E-state index is 12.4. The van der Waals surface area contributed by atoms with Crippen LogP contribution in [0.25, 0.3) is 0 Å². The fourth-order valence-corrected chi connectivity index (χ4v) is 2.77. The lowest BCUT2D eigenvalue weighted by Gasteiger charge is -2.23. The highest BCUT2D eigenvalue weighted by atomic mass is 16.5. The number of amides is 1. The summed E-state index contributed by atoms with van der Waals surface area (Å²) in [6, 6.07) is 21.7. The first-order valence-corrected chi connectivity index (χ1v) is 9.24. The molecule has 0 saturated heterocycles. The van der Waals surface area contributed by atoms with E-state index >= 15 is 0 Å². The quantitative estimate of drug-likeness (QED) is 0.578. The first-order chi connectivity index (χ1) is 13.8. The Bertz CT molecular complexity index is 872. The molecule has 0 aliphatic carbocycles. The summed E-state index contributed by atoms with van der Waals surface area (Å²) >= 11 is 0. The molecular weight excluding hydrogens is 352 g/mol. The minimum absolute atomic E-state index is 0.215. The van der Waals surface area contributed by atoms with Crippen molar-refractivity contribution >= 4 is 17.5 Å². The number of nitrogens with zero attached hydrogens (tertiary/aromatic N) is 3. The highest BCUT2D eigenvalue weighted by Crippen LogP contribution is 2.24. The number of anilines is 2. The molecule has 144 valence electrons. The molecule has 0 aliphatic heterocycles. The number of carbonyl (C=O) groups is 1. The van der Waals surface area contributed by atoms with Crippen LogP contribution in [0.3, 0.4) is 0 Å². The number of carbonyl (C=O) groups excluding carboxylic acids is 1. The van der Waals surface area contributed by atoms with E-state index in [0.717, 1.165) is 17.7 Å². The third-order valence-electron chi connectivity index (χ3n) is 4.18. The molecule has 0 fully saturated rings. The van der Waals surface area contributed by atoms with Crippen LogP contribution in [0.2, 0.25) is 0 Å². The molecule has 6 nitrogen and oxygen atoms in total. The maximum Gasteiger partial charge on any atom is 0.270 e. The van der Waals surface area contributed by atoms with Gasteiger partial charge in [0.05, 0.1) is 6.54 Å². The fourth-order valence-electron chi connectivity index (χ4n) is 2.77. The normalized spacial score (nSPS) is 10.5. The summed E-state index contributed by atoms with van der Waals surface area (Å²) in [4.78, 5) is 23.3.